The van der Waals surface area contributed by atoms with Crippen molar-refractivity contribution in [1.29, 1.82) is 0 Å². The van der Waals surface area contributed by atoms with Crippen LogP contribution in [0.25, 0.3) is 0 Å². The minimum absolute atomic E-state index is 0.283. The monoisotopic (exact) mass is 230 g/mol. The lowest BCUT2D eigenvalue weighted by Crippen LogP contribution is -2.46. The van der Waals surface area contributed by atoms with Crippen LogP contribution in [0.1, 0.15) is 13.3 Å². The van der Waals surface area contributed by atoms with E-state index in [2.05, 4.69) is 24.2 Å². The van der Waals surface area contributed by atoms with Crippen molar-refractivity contribution in [2.24, 2.45) is 5.41 Å². The van der Waals surface area contributed by atoms with Crippen LogP contribution >= 0.6 is 0 Å². The Kier molecular flexibility index (Phi) is 5.69. The molecule has 1 aliphatic heterocycles. The SMILES string of the molecule is CNCC1(CN(C)C(C)COC)CCOC1. The predicted molar refractivity (Wildman–Crippen MR) is 65.8 cm³/mol. The molecule has 16 heavy (non-hydrogen) atoms. The second-order valence-electron chi connectivity index (χ2n) is 5.05. The van der Waals surface area contributed by atoms with Crippen molar-refractivity contribution in [1.82, 2.24) is 10.2 Å². The van der Waals surface area contributed by atoms with Crippen LogP contribution in [-0.4, -0.2) is 65.1 Å². The summed E-state index contributed by atoms with van der Waals surface area (Å²) < 4.78 is 10.7. The van der Waals surface area contributed by atoms with E-state index in [1.165, 1.54) is 0 Å². The maximum atomic E-state index is 5.56. The molecule has 0 amide bonds. The highest BCUT2D eigenvalue weighted by Crippen LogP contribution is 2.29. The molecule has 1 aliphatic rings. The number of hydrogen-bond acceptors (Lipinski definition) is 4. The molecule has 0 aliphatic carbocycles. The van der Waals surface area contributed by atoms with Gasteiger partial charge in [-0.05, 0) is 27.4 Å². The molecule has 0 radical (unpaired) electrons. The first-order valence-electron chi connectivity index (χ1n) is 6.05. The number of nitrogens with zero attached hydrogens (tertiary/aromatic N) is 1. The van der Waals surface area contributed by atoms with E-state index in [1.807, 2.05) is 7.05 Å². The van der Waals surface area contributed by atoms with E-state index in [4.69, 9.17) is 9.47 Å². The summed E-state index contributed by atoms with van der Waals surface area (Å²) in [5.41, 5.74) is 0.283. The Bertz CT molecular complexity index is 193. The zero-order chi connectivity index (χ0) is 12.0. The Hall–Kier alpha value is -0.160. The van der Waals surface area contributed by atoms with Crippen LogP contribution in [0.3, 0.4) is 0 Å². The molecule has 1 saturated heterocycles. The van der Waals surface area contributed by atoms with Crippen molar-refractivity contribution >= 4 is 0 Å². The summed E-state index contributed by atoms with van der Waals surface area (Å²) in [7, 11) is 5.93. The number of rotatable bonds is 7. The molecule has 0 spiro atoms. The summed E-state index contributed by atoms with van der Waals surface area (Å²) in [4.78, 5) is 2.37. The normalized spacial score (nSPS) is 27.6. The maximum absolute atomic E-state index is 5.56. The Morgan fingerprint density at radius 3 is 2.81 bits per heavy atom. The van der Waals surface area contributed by atoms with Crippen LogP contribution in [0.2, 0.25) is 0 Å². The van der Waals surface area contributed by atoms with Gasteiger partial charge in [-0.1, -0.05) is 0 Å². The topological polar surface area (TPSA) is 33.7 Å². The molecule has 2 unspecified atom stereocenters. The van der Waals surface area contributed by atoms with Crippen LogP contribution in [0, 0.1) is 5.41 Å². The Labute approximate surface area is 99.3 Å². The third kappa shape index (κ3) is 3.70. The summed E-state index contributed by atoms with van der Waals surface area (Å²) in [5.74, 6) is 0. The van der Waals surface area contributed by atoms with Gasteiger partial charge in [0, 0.05) is 38.3 Å². The fraction of sp³-hybridized carbons (Fsp3) is 1.00. The molecular weight excluding hydrogens is 204 g/mol. The first-order valence-corrected chi connectivity index (χ1v) is 6.05. The molecule has 4 heteroatoms. The predicted octanol–water partition coefficient (Wildman–Crippen LogP) is 0.579. The van der Waals surface area contributed by atoms with E-state index in [-0.39, 0.29) is 5.41 Å². The molecule has 0 bridgehead atoms. The fourth-order valence-electron chi connectivity index (χ4n) is 2.40. The molecular formula is C12H26N2O2. The summed E-state index contributed by atoms with van der Waals surface area (Å²) >= 11 is 0. The highest BCUT2D eigenvalue weighted by Gasteiger charge is 2.36. The summed E-state index contributed by atoms with van der Waals surface area (Å²) in [6.45, 7) is 6.85. The van der Waals surface area contributed by atoms with Gasteiger partial charge < -0.3 is 19.7 Å². The highest BCUT2D eigenvalue weighted by atomic mass is 16.5. The Morgan fingerprint density at radius 1 is 1.56 bits per heavy atom. The van der Waals surface area contributed by atoms with Crippen molar-refractivity contribution in [2.45, 2.75) is 19.4 Å². The first kappa shape index (κ1) is 13.9. The van der Waals surface area contributed by atoms with Gasteiger partial charge in [-0.2, -0.15) is 0 Å². The Balaban J connectivity index is 2.47. The lowest BCUT2D eigenvalue weighted by atomic mass is 9.86. The molecule has 4 nitrogen and oxygen atoms in total. The molecule has 2 atom stereocenters. The molecule has 0 saturated carbocycles. The quantitative estimate of drug-likeness (QED) is 0.694. The summed E-state index contributed by atoms with van der Waals surface area (Å²) in [6.07, 6.45) is 1.15. The maximum Gasteiger partial charge on any atom is 0.0615 e. The van der Waals surface area contributed by atoms with Gasteiger partial charge in [-0.3, -0.25) is 0 Å². The third-order valence-corrected chi connectivity index (χ3v) is 3.48. The zero-order valence-corrected chi connectivity index (χ0v) is 11.1. The third-order valence-electron chi connectivity index (χ3n) is 3.48. The van der Waals surface area contributed by atoms with E-state index in [0.29, 0.717) is 6.04 Å². The van der Waals surface area contributed by atoms with Crippen molar-refractivity contribution < 1.29 is 9.47 Å². The zero-order valence-electron chi connectivity index (χ0n) is 11.1. The second-order valence-corrected chi connectivity index (χ2v) is 5.05. The molecule has 1 heterocycles. The standard InChI is InChI=1S/C12H26N2O2/c1-11(7-15-4)14(3)9-12(8-13-2)5-6-16-10-12/h11,13H,5-10H2,1-4H3. The largest absolute Gasteiger partial charge is 0.383 e. The summed E-state index contributed by atoms with van der Waals surface area (Å²) in [6, 6.07) is 0.458. The van der Waals surface area contributed by atoms with Gasteiger partial charge >= 0.3 is 0 Å². The van der Waals surface area contributed by atoms with Crippen molar-refractivity contribution in [2.75, 3.05) is 54.1 Å². The van der Waals surface area contributed by atoms with E-state index in [1.54, 1.807) is 7.11 Å². The van der Waals surface area contributed by atoms with Crippen LogP contribution < -0.4 is 5.32 Å². The van der Waals surface area contributed by atoms with Crippen molar-refractivity contribution in [3.05, 3.63) is 0 Å². The van der Waals surface area contributed by atoms with Gasteiger partial charge in [-0.25, -0.2) is 0 Å². The van der Waals surface area contributed by atoms with Crippen LogP contribution in [0.5, 0.6) is 0 Å². The lowest BCUT2D eigenvalue weighted by molar-refractivity contribution is 0.0705. The molecule has 0 aromatic carbocycles. The van der Waals surface area contributed by atoms with Crippen LogP contribution in [-0.2, 0) is 9.47 Å². The number of methoxy groups -OCH3 is 1. The van der Waals surface area contributed by atoms with Crippen LogP contribution in [0.15, 0.2) is 0 Å². The van der Waals surface area contributed by atoms with Crippen molar-refractivity contribution in [3.63, 3.8) is 0 Å². The smallest absolute Gasteiger partial charge is 0.0615 e. The summed E-state index contributed by atoms with van der Waals surface area (Å²) in [5, 5.41) is 3.29. The Morgan fingerprint density at radius 2 is 2.31 bits per heavy atom. The van der Waals surface area contributed by atoms with Gasteiger partial charge in [0.05, 0.1) is 13.2 Å². The molecule has 96 valence electrons. The van der Waals surface area contributed by atoms with Gasteiger partial charge in [0.2, 0.25) is 0 Å². The van der Waals surface area contributed by atoms with E-state index in [0.717, 1.165) is 39.3 Å². The van der Waals surface area contributed by atoms with Gasteiger partial charge in [0.25, 0.3) is 0 Å². The number of hydrogen-bond donors (Lipinski definition) is 1. The molecule has 0 aromatic heterocycles. The minimum atomic E-state index is 0.283. The van der Waals surface area contributed by atoms with E-state index in [9.17, 15) is 0 Å². The first-order chi connectivity index (χ1) is 7.63. The molecule has 1 fully saturated rings. The minimum Gasteiger partial charge on any atom is -0.383 e. The van der Waals surface area contributed by atoms with Gasteiger partial charge in [0.15, 0.2) is 0 Å². The van der Waals surface area contributed by atoms with Gasteiger partial charge in [-0.15, -0.1) is 0 Å². The molecule has 1 rings (SSSR count). The van der Waals surface area contributed by atoms with Gasteiger partial charge in [0.1, 0.15) is 0 Å². The van der Waals surface area contributed by atoms with E-state index < -0.39 is 0 Å². The number of likely N-dealkylation sites (N-methyl/N-ethyl adjacent to an activating group) is 1. The molecule has 0 aromatic rings. The molecule has 1 N–H and O–H groups in total. The second kappa shape index (κ2) is 6.55. The highest BCUT2D eigenvalue weighted by molar-refractivity contribution is 4.88. The van der Waals surface area contributed by atoms with E-state index >= 15 is 0 Å². The van der Waals surface area contributed by atoms with Crippen molar-refractivity contribution in [3.8, 4) is 0 Å². The average Bonchev–Trinajstić information content (AvgIpc) is 2.67. The average molecular weight is 230 g/mol. The lowest BCUT2D eigenvalue weighted by Gasteiger charge is -2.35. The fourth-order valence-corrected chi connectivity index (χ4v) is 2.40. The van der Waals surface area contributed by atoms with Crippen LogP contribution in [0.4, 0.5) is 0 Å². The number of ether oxygens (including phenoxy) is 2. The number of nitrogens with one attached hydrogen (secondary N) is 1.